The zero-order chi connectivity index (χ0) is 9.10. The molecule has 2 rings (SSSR count). The van der Waals surface area contributed by atoms with Crippen LogP contribution in [0.4, 0.5) is 0 Å². The van der Waals surface area contributed by atoms with Crippen LogP contribution in [0.5, 0.6) is 0 Å². The average Bonchev–Trinajstić information content (AvgIpc) is 2.20. The summed E-state index contributed by atoms with van der Waals surface area (Å²) in [6, 6.07) is 0.777. The first kappa shape index (κ1) is 9.22. The smallest absolute Gasteiger partial charge is 0.0249 e. The van der Waals surface area contributed by atoms with Gasteiger partial charge in [-0.25, -0.2) is 0 Å². The Balaban J connectivity index is 1.93. The van der Waals surface area contributed by atoms with Gasteiger partial charge in [-0.3, -0.25) is 0 Å². The highest BCUT2D eigenvalue weighted by molar-refractivity contribution is 4.95. The molecule has 0 aromatic rings. The van der Waals surface area contributed by atoms with Gasteiger partial charge in [0.1, 0.15) is 0 Å². The van der Waals surface area contributed by atoms with Crippen LogP contribution in [-0.4, -0.2) is 37.6 Å². The van der Waals surface area contributed by atoms with Crippen LogP contribution in [0, 0.1) is 5.92 Å². The maximum atomic E-state index is 3.50. The summed E-state index contributed by atoms with van der Waals surface area (Å²) in [5, 5.41) is 3.50. The first-order valence-corrected chi connectivity index (χ1v) is 5.44. The first-order valence-electron chi connectivity index (χ1n) is 5.44. The Morgan fingerprint density at radius 1 is 1.38 bits per heavy atom. The van der Waals surface area contributed by atoms with E-state index in [-0.39, 0.29) is 0 Å². The normalized spacial score (nSPS) is 36.4. The molecule has 1 fully saturated rings. The second-order valence-electron chi connectivity index (χ2n) is 4.30. The van der Waals surface area contributed by atoms with E-state index in [1.54, 1.807) is 0 Å². The lowest BCUT2D eigenvalue weighted by Gasteiger charge is -2.39. The monoisotopic (exact) mass is 180 g/mol. The van der Waals surface area contributed by atoms with Crippen LogP contribution in [0.15, 0.2) is 12.2 Å². The topological polar surface area (TPSA) is 15.3 Å². The number of likely N-dealkylation sites (N-methyl/N-ethyl adjacent to an activating group) is 1. The molecule has 1 aliphatic heterocycles. The minimum Gasteiger partial charge on any atom is -0.314 e. The summed E-state index contributed by atoms with van der Waals surface area (Å²) in [6.07, 6.45) is 8.64. The van der Waals surface area contributed by atoms with Crippen LogP contribution in [0.25, 0.3) is 0 Å². The SMILES string of the molecule is CN1CCNCC1C1CC=CCC1. The Kier molecular flexibility index (Phi) is 3.01. The van der Waals surface area contributed by atoms with Crippen molar-refractivity contribution in [3.63, 3.8) is 0 Å². The van der Waals surface area contributed by atoms with Crippen molar-refractivity contribution in [2.45, 2.75) is 25.3 Å². The van der Waals surface area contributed by atoms with Crippen molar-refractivity contribution >= 4 is 0 Å². The average molecular weight is 180 g/mol. The molecule has 0 saturated carbocycles. The van der Waals surface area contributed by atoms with Gasteiger partial charge in [0.2, 0.25) is 0 Å². The molecule has 0 spiro atoms. The van der Waals surface area contributed by atoms with Crippen LogP contribution in [0.3, 0.4) is 0 Å². The molecular weight excluding hydrogens is 160 g/mol. The fourth-order valence-corrected chi connectivity index (χ4v) is 2.52. The second kappa shape index (κ2) is 4.25. The second-order valence-corrected chi connectivity index (χ2v) is 4.30. The van der Waals surface area contributed by atoms with Gasteiger partial charge < -0.3 is 10.2 Å². The van der Waals surface area contributed by atoms with Gasteiger partial charge in [0.05, 0.1) is 0 Å². The molecule has 74 valence electrons. The molecule has 1 heterocycles. The van der Waals surface area contributed by atoms with Crippen molar-refractivity contribution in [2.75, 3.05) is 26.7 Å². The Bertz CT molecular complexity index is 189. The van der Waals surface area contributed by atoms with E-state index >= 15 is 0 Å². The number of hydrogen-bond acceptors (Lipinski definition) is 2. The molecule has 1 aliphatic carbocycles. The van der Waals surface area contributed by atoms with Crippen molar-refractivity contribution in [3.8, 4) is 0 Å². The molecule has 13 heavy (non-hydrogen) atoms. The predicted molar refractivity (Wildman–Crippen MR) is 55.8 cm³/mol. The van der Waals surface area contributed by atoms with E-state index in [1.807, 2.05) is 0 Å². The molecule has 2 unspecified atom stereocenters. The molecular formula is C11H20N2. The number of piperazine rings is 1. The van der Waals surface area contributed by atoms with Gasteiger partial charge in [-0.2, -0.15) is 0 Å². The van der Waals surface area contributed by atoms with Crippen LogP contribution < -0.4 is 5.32 Å². The van der Waals surface area contributed by atoms with Gasteiger partial charge in [-0.1, -0.05) is 12.2 Å². The highest BCUT2D eigenvalue weighted by atomic mass is 15.2. The van der Waals surface area contributed by atoms with Crippen LogP contribution in [0.2, 0.25) is 0 Å². The maximum absolute atomic E-state index is 3.50. The summed E-state index contributed by atoms with van der Waals surface area (Å²) >= 11 is 0. The van der Waals surface area contributed by atoms with Crippen molar-refractivity contribution < 1.29 is 0 Å². The van der Waals surface area contributed by atoms with Gasteiger partial charge in [0, 0.05) is 25.7 Å². The molecule has 0 aromatic heterocycles. The fraction of sp³-hybridized carbons (Fsp3) is 0.818. The summed E-state index contributed by atoms with van der Waals surface area (Å²) < 4.78 is 0. The van der Waals surface area contributed by atoms with E-state index in [2.05, 4.69) is 29.4 Å². The third-order valence-corrected chi connectivity index (χ3v) is 3.41. The Labute approximate surface area is 81.0 Å². The Morgan fingerprint density at radius 3 is 3.00 bits per heavy atom. The van der Waals surface area contributed by atoms with E-state index in [0.717, 1.165) is 18.5 Å². The minimum atomic E-state index is 0.777. The molecule has 0 amide bonds. The number of nitrogens with zero attached hydrogens (tertiary/aromatic N) is 1. The maximum Gasteiger partial charge on any atom is 0.0249 e. The lowest BCUT2D eigenvalue weighted by atomic mass is 9.86. The standard InChI is InChI=1S/C11H20N2/c1-13-8-7-12-9-11(13)10-5-3-2-4-6-10/h2-3,10-12H,4-9H2,1H3. The van der Waals surface area contributed by atoms with E-state index in [9.17, 15) is 0 Å². The van der Waals surface area contributed by atoms with Gasteiger partial charge in [-0.05, 0) is 32.2 Å². The molecule has 1 saturated heterocycles. The zero-order valence-electron chi connectivity index (χ0n) is 8.50. The summed E-state index contributed by atoms with van der Waals surface area (Å²) in [7, 11) is 2.27. The largest absolute Gasteiger partial charge is 0.314 e. The van der Waals surface area contributed by atoms with Gasteiger partial charge in [-0.15, -0.1) is 0 Å². The molecule has 0 radical (unpaired) electrons. The van der Waals surface area contributed by atoms with Gasteiger partial charge in [0.25, 0.3) is 0 Å². The zero-order valence-corrected chi connectivity index (χ0v) is 8.50. The number of hydrogen-bond donors (Lipinski definition) is 1. The summed E-state index contributed by atoms with van der Waals surface area (Å²) in [5.74, 6) is 0.891. The molecule has 0 aromatic carbocycles. The van der Waals surface area contributed by atoms with Gasteiger partial charge in [0.15, 0.2) is 0 Å². The molecule has 2 aliphatic rings. The van der Waals surface area contributed by atoms with Crippen molar-refractivity contribution in [2.24, 2.45) is 5.92 Å². The number of allylic oxidation sites excluding steroid dienone is 2. The van der Waals surface area contributed by atoms with Crippen LogP contribution in [-0.2, 0) is 0 Å². The molecule has 2 nitrogen and oxygen atoms in total. The summed E-state index contributed by atoms with van der Waals surface area (Å²) in [5.41, 5.74) is 0. The number of nitrogens with one attached hydrogen (secondary N) is 1. The van der Waals surface area contributed by atoms with E-state index in [0.29, 0.717) is 0 Å². The molecule has 2 atom stereocenters. The molecule has 0 bridgehead atoms. The van der Waals surface area contributed by atoms with Crippen molar-refractivity contribution in [3.05, 3.63) is 12.2 Å². The van der Waals surface area contributed by atoms with Gasteiger partial charge >= 0.3 is 0 Å². The quantitative estimate of drug-likeness (QED) is 0.611. The van der Waals surface area contributed by atoms with Crippen molar-refractivity contribution in [1.82, 2.24) is 10.2 Å². The third kappa shape index (κ3) is 2.12. The fourth-order valence-electron chi connectivity index (χ4n) is 2.52. The summed E-state index contributed by atoms with van der Waals surface area (Å²) in [6.45, 7) is 3.56. The highest BCUT2D eigenvalue weighted by Crippen LogP contribution is 2.24. The predicted octanol–water partition coefficient (Wildman–Crippen LogP) is 1.25. The summed E-state index contributed by atoms with van der Waals surface area (Å²) in [4.78, 5) is 2.53. The first-order chi connectivity index (χ1) is 6.38. The molecule has 2 heteroatoms. The van der Waals surface area contributed by atoms with E-state index < -0.39 is 0 Å². The van der Waals surface area contributed by atoms with Crippen LogP contribution >= 0.6 is 0 Å². The lowest BCUT2D eigenvalue weighted by molar-refractivity contribution is 0.135. The van der Waals surface area contributed by atoms with Crippen molar-refractivity contribution in [1.29, 1.82) is 0 Å². The van der Waals surface area contributed by atoms with E-state index in [4.69, 9.17) is 0 Å². The van der Waals surface area contributed by atoms with Crippen LogP contribution in [0.1, 0.15) is 19.3 Å². The third-order valence-electron chi connectivity index (χ3n) is 3.41. The highest BCUT2D eigenvalue weighted by Gasteiger charge is 2.26. The Hall–Kier alpha value is -0.340. The minimum absolute atomic E-state index is 0.777. The Morgan fingerprint density at radius 2 is 2.31 bits per heavy atom. The molecule has 1 N–H and O–H groups in total. The lowest BCUT2D eigenvalue weighted by Crippen LogP contribution is -2.52. The number of rotatable bonds is 1. The van der Waals surface area contributed by atoms with E-state index in [1.165, 1.54) is 32.4 Å².